The van der Waals surface area contributed by atoms with Crippen molar-refractivity contribution in [1.82, 2.24) is 0 Å². The molecule has 0 aliphatic heterocycles. The van der Waals surface area contributed by atoms with Gasteiger partial charge in [-0.15, -0.1) is 0 Å². The SMILES string of the molecule is O=C(COc1ccc(F)cc1Cl)Nc1cccc(CO)c1. The number of hydrogen-bond donors (Lipinski definition) is 2. The van der Waals surface area contributed by atoms with Crippen LogP contribution in [0.3, 0.4) is 0 Å². The van der Waals surface area contributed by atoms with Gasteiger partial charge >= 0.3 is 0 Å². The van der Waals surface area contributed by atoms with Gasteiger partial charge in [-0.3, -0.25) is 4.79 Å². The first kappa shape index (κ1) is 15.3. The van der Waals surface area contributed by atoms with Gasteiger partial charge in [-0.05, 0) is 35.9 Å². The molecule has 0 aliphatic rings. The van der Waals surface area contributed by atoms with Crippen LogP contribution in [0.2, 0.25) is 5.02 Å². The summed E-state index contributed by atoms with van der Waals surface area (Å²) in [6.07, 6.45) is 0. The molecular formula is C15H13ClFNO3. The Kier molecular flexibility index (Phi) is 5.14. The minimum Gasteiger partial charge on any atom is -0.482 e. The molecule has 0 aliphatic carbocycles. The Hall–Kier alpha value is -2.11. The minimum atomic E-state index is -0.474. The largest absolute Gasteiger partial charge is 0.482 e. The molecule has 110 valence electrons. The zero-order chi connectivity index (χ0) is 15.2. The molecule has 0 unspecified atom stereocenters. The number of halogens is 2. The van der Waals surface area contributed by atoms with Gasteiger partial charge in [0.1, 0.15) is 11.6 Å². The molecule has 0 heterocycles. The van der Waals surface area contributed by atoms with Crippen LogP contribution in [-0.2, 0) is 11.4 Å². The first-order valence-electron chi connectivity index (χ1n) is 6.16. The molecule has 2 rings (SSSR count). The number of anilines is 1. The third-order valence-corrected chi connectivity index (χ3v) is 2.94. The fourth-order valence-electron chi connectivity index (χ4n) is 1.68. The summed E-state index contributed by atoms with van der Waals surface area (Å²) in [7, 11) is 0. The highest BCUT2D eigenvalue weighted by Gasteiger charge is 2.07. The van der Waals surface area contributed by atoms with E-state index < -0.39 is 5.82 Å². The number of aliphatic hydroxyl groups is 1. The molecule has 0 saturated carbocycles. The number of ether oxygens (including phenoxy) is 1. The standard InChI is InChI=1S/C15H13ClFNO3/c16-13-7-11(17)4-5-14(13)21-9-15(20)18-12-3-1-2-10(6-12)8-19/h1-7,19H,8-9H2,(H,18,20). The van der Waals surface area contributed by atoms with Gasteiger partial charge in [0.25, 0.3) is 5.91 Å². The highest BCUT2D eigenvalue weighted by atomic mass is 35.5. The van der Waals surface area contributed by atoms with E-state index in [0.29, 0.717) is 11.3 Å². The lowest BCUT2D eigenvalue weighted by atomic mass is 10.2. The topological polar surface area (TPSA) is 58.6 Å². The number of carbonyl (C=O) groups is 1. The number of benzene rings is 2. The Labute approximate surface area is 126 Å². The number of aliphatic hydroxyl groups excluding tert-OH is 1. The van der Waals surface area contributed by atoms with Crippen LogP contribution in [0.5, 0.6) is 5.75 Å². The summed E-state index contributed by atoms with van der Waals surface area (Å²) in [6.45, 7) is -0.361. The Balaban J connectivity index is 1.92. The summed E-state index contributed by atoms with van der Waals surface area (Å²) in [6, 6.07) is 10.5. The van der Waals surface area contributed by atoms with Crippen molar-refractivity contribution < 1.29 is 19.0 Å². The monoisotopic (exact) mass is 309 g/mol. The summed E-state index contributed by atoms with van der Waals surface area (Å²) >= 11 is 5.79. The van der Waals surface area contributed by atoms with Gasteiger partial charge in [-0.2, -0.15) is 0 Å². The van der Waals surface area contributed by atoms with Crippen molar-refractivity contribution in [3.8, 4) is 5.75 Å². The number of hydrogen-bond acceptors (Lipinski definition) is 3. The van der Waals surface area contributed by atoms with E-state index in [-0.39, 0.29) is 29.9 Å². The van der Waals surface area contributed by atoms with E-state index in [4.69, 9.17) is 21.4 Å². The van der Waals surface area contributed by atoms with Crippen LogP contribution in [0.4, 0.5) is 10.1 Å². The normalized spacial score (nSPS) is 10.2. The summed E-state index contributed by atoms with van der Waals surface area (Å²) in [5.74, 6) is -0.625. The predicted octanol–water partition coefficient (Wildman–Crippen LogP) is 2.99. The van der Waals surface area contributed by atoms with E-state index in [9.17, 15) is 9.18 Å². The molecule has 0 spiro atoms. The summed E-state index contributed by atoms with van der Waals surface area (Å²) in [4.78, 5) is 11.7. The van der Waals surface area contributed by atoms with Gasteiger partial charge in [0.05, 0.1) is 11.6 Å². The van der Waals surface area contributed by atoms with Crippen molar-refractivity contribution in [1.29, 1.82) is 0 Å². The number of carbonyl (C=O) groups excluding carboxylic acids is 1. The van der Waals surface area contributed by atoms with Crippen molar-refractivity contribution in [3.05, 3.63) is 58.9 Å². The zero-order valence-corrected chi connectivity index (χ0v) is 11.7. The van der Waals surface area contributed by atoms with Gasteiger partial charge in [-0.25, -0.2) is 4.39 Å². The van der Waals surface area contributed by atoms with Crippen LogP contribution in [0.15, 0.2) is 42.5 Å². The van der Waals surface area contributed by atoms with Gasteiger partial charge in [0.2, 0.25) is 0 Å². The first-order chi connectivity index (χ1) is 10.1. The maximum Gasteiger partial charge on any atom is 0.262 e. The molecule has 2 N–H and O–H groups in total. The second-order valence-electron chi connectivity index (χ2n) is 4.27. The first-order valence-corrected chi connectivity index (χ1v) is 6.54. The van der Waals surface area contributed by atoms with E-state index in [0.717, 1.165) is 6.07 Å². The maximum atomic E-state index is 12.9. The van der Waals surface area contributed by atoms with E-state index in [2.05, 4.69) is 5.32 Å². The molecule has 2 aromatic rings. The smallest absolute Gasteiger partial charge is 0.262 e. The third-order valence-electron chi connectivity index (χ3n) is 2.65. The van der Waals surface area contributed by atoms with Crippen LogP contribution in [-0.4, -0.2) is 17.6 Å². The minimum absolute atomic E-state index is 0.102. The van der Waals surface area contributed by atoms with Gasteiger partial charge in [0, 0.05) is 5.69 Å². The third kappa shape index (κ3) is 4.44. The number of amides is 1. The van der Waals surface area contributed by atoms with Gasteiger partial charge in [0.15, 0.2) is 6.61 Å². The molecular weight excluding hydrogens is 297 g/mol. The maximum absolute atomic E-state index is 12.9. The average Bonchev–Trinajstić information content (AvgIpc) is 2.46. The lowest BCUT2D eigenvalue weighted by Gasteiger charge is -2.09. The second kappa shape index (κ2) is 7.06. The van der Waals surface area contributed by atoms with Crippen LogP contribution in [0.1, 0.15) is 5.56 Å². The molecule has 0 fully saturated rings. The van der Waals surface area contributed by atoms with E-state index in [1.807, 2.05) is 0 Å². The Bertz CT molecular complexity index is 649. The van der Waals surface area contributed by atoms with Crippen molar-refractivity contribution >= 4 is 23.2 Å². The zero-order valence-electron chi connectivity index (χ0n) is 11.0. The number of rotatable bonds is 5. The van der Waals surface area contributed by atoms with Crippen molar-refractivity contribution in [2.75, 3.05) is 11.9 Å². The highest BCUT2D eigenvalue weighted by Crippen LogP contribution is 2.24. The molecule has 6 heteroatoms. The second-order valence-corrected chi connectivity index (χ2v) is 4.68. The fourth-order valence-corrected chi connectivity index (χ4v) is 1.90. The molecule has 4 nitrogen and oxygen atoms in total. The molecule has 0 bridgehead atoms. The van der Waals surface area contributed by atoms with Crippen molar-refractivity contribution in [2.24, 2.45) is 0 Å². The number of nitrogens with one attached hydrogen (secondary N) is 1. The van der Waals surface area contributed by atoms with E-state index in [1.165, 1.54) is 12.1 Å². The Morgan fingerprint density at radius 1 is 1.29 bits per heavy atom. The van der Waals surface area contributed by atoms with Crippen LogP contribution in [0.25, 0.3) is 0 Å². The van der Waals surface area contributed by atoms with Gasteiger partial charge < -0.3 is 15.2 Å². The summed E-state index contributed by atoms with van der Waals surface area (Å²) in [5, 5.41) is 11.7. The summed E-state index contributed by atoms with van der Waals surface area (Å²) in [5.41, 5.74) is 1.25. The Morgan fingerprint density at radius 2 is 2.10 bits per heavy atom. The predicted molar refractivity (Wildman–Crippen MR) is 77.9 cm³/mol. The average molecular weight is 310 g/mol. The van der Waals surface area contributed by atoms with Crippen molar-refractivity contribution in [2.45, 2.75) is 6.61 Å². The van der Waals surface area contributed by atoms with E-state index >= 15 is 0 Å². The van der Waals surface area contributed by atoms with Crippen LogP contribution < -0.4 is 10.1 Å². The lowest BCUT2D eigenvalue weighted by Crippen LogP contribution is -2.20. The Morgan fingerprint density at radius 3 is 2.81 bits per heavy atom. The van der Waals surface area contributed by atoms with E-state index in [1.54, 1.807) is 24.3 Å². The molecule has 0 radical (unpaired) electrons. The summed E-state index contributed by atoms with van der Waals surface area (Å²) < 4.78 is 18.1. The molecule has 0 saturated heterocycles. The molecule has 1 amide bonds. The van der Waals surface area contributed by atoms with Crippen LogP contribution >= 0.6 is 11.6 Å². The molecule has 0 atom stereocenters. The molecule has 2 aromatic carbocycles. The van der Waals surface area contributed by atoms with Gasteiger partial charge in [-0.1, -0.05) is 23.7 Å². The van der Waals surface area contributed by atoms with Crippen LogP contribution in [0, 0.1) is 5.82 Å². The lowest BCUT2D eigenvalue weighted by molar-refractivity contribution is -0.118. The fraction of sp³-hybridized carbons (Fsp3) is 0.133. The quantitative estimate of drug-likeness (QED) is 0.892. The molecule has 21 heavy (non-hydrogen) atoms. The highest BCUT2D eigenvalue weighted by molar-refractivity contribution is 6.32. The van der Waals surface area contributed by atoms with Crippen molar-refractivity contribution in [3.63, 3.8) is 0 Å². The molecule has 0 aromatic heterocycles.